The lowest BCUT2D eigenvalue weighted by molar-refractivity contribution is -0.129. The first-order valence-electron chi connectivity index (χ1n) is 9.30. The van der Waals surface area contributed by atoms with E-state index in [1.54, 1.807) is 0 Å². The molecule has 0 radical (unpaired) electrons. The lowest BCUT2D eigenvalue weighted by Gasteiger charge is -2.34. The van der Waals surface area contributed by atoms with Crippen LogP contribution in [0.4, 0.5) is 11.4 Å². The summed E-state index contributed by atoms with van der Waals surface area (Å²) in [7, 11) is 2.14. The molecule has 1 aromatic carbocycles. The molecule has 2 N–H and O–H groups in total. The SMILES string of the molecule is CN1CCN(c2ccc(NC(=O)CNC(=O)C3CCOCC3)cc2)CC1. The van der Waals surface area contributed by atoms with Crippen molar-refractivity contribution in [2.24, 2.45) is 5.92 Å². The number of ether oxygens (including phenoxy) is 1. The lowest BCUT2D eigenvalue weighted by atomic mass is 9.99. The number of hydrogen-bond donors (Lipinski definition) is 2. The zero-order valence-corrected chi connectivity index (χ0v) is 15.4. The molecule has 2 saturated heterocycles. The maximum Gasteiger partial charge on any atom is 0.243 e. The average Bonchev–Trinajstić information content (AvgIpc) is 2.68. The Labute approximate surface area is 154 Å². The molecule has 0 atom stereocenters. The summed E-state index contributed by atoms with van der Waals surface area (Å²) in [4.78, 5) is 28.8. The molecule has 0 bridgehead atoms. The minimum absolute atomic E-state index is 0.00357. The number of benzene rings is 1. The predicted molar refractivity (Wildman–Crippen MR) is 101 cm³/mol. The summed E-state index contributed by atoms with van der Waals surface area (Å²) in [5.74, 6) is -0.314. The van der Waals surface area contributed by atoms with Gasteiger partial charge >= 0.3 is 0 Å². The number of nitrogens with one attached hydrogen (secondary N) is 2. The number of carbonyl (C=O) groups excluding carboxylic acids is 2. The summed E-state index contributed by atoms with van der Waals surface area (Å²) < 4.78 is 5.25. The number of piperazine rings is 1. The highest BCUT2D eigenvalue weighted by atomic mass is 16.5. The summed E-state index contributed by atoms with van der Waals surface area (Å²) in [6, 6.07) is 7.88. The third kappa shape index (κ3) is 5.19. The Morgan fingerprint density at radius 1 is 1.08 bits per heavy atom. The Morgan fingerprint density at radius 2 is 1.73 bits per heavy atom. The molecule has 2 heterocycles. The largest absolute Gasteiger partial charge is 0.381 e. The number of amides is 2. The number of rotatable bonds is 5. The summed E-state index contributed by atoms with van der Waals surface area (Å²) in [6.07, 6.45) is 1.45. The fraction of sp³-hybridized carbons (Fsp3) is 0.579. The highest BCUT2D eigenvalue weighted by Crippen LogP contribution is 2.19. The fourth-order valence-corrected chi connectivity index (χ4v) is 3.30. The van der Waals surface area contributed by atoms with E-state index < -0.39 is 0 Å². The van der Waals surface area contributed by atoms with Gasteiger partial charge in [0.25, 0.3) is 0 Å². The number of nitrogens with zero attached hydrogens (tertiary/aromatic N) is 2. The normalized spacial score (nSPS) is 19.2. The molecule has 0 saturated carbocycles. The minimum Gasteiger partial charge on any atom is -0.381 e. The molecule has 142 valence electrons. The van der Waals surface area contributed by atoms with E-state index in [4.69, 9.17) is 4.74 Å². The van der Waals surface area contributed by atoms with Crippen molar-refractivity contribution >= 4 is 23.2 Å². The Balaban J connectivity index is 1.43. The van der Waals surface area contributed by atoms with Crippen LogP contribution >= 0.6 is 0 Å². The summed E-state index contributed by atoms with van der Waals surface area (Å²) in [5.41, 5.74) is 1.91. The first kappa shape index (κ1) is 18.7. The van der Waals surface area contributed by atoms with Gasteiger partial charge in [-0.3, -0.25) is 9.59 Å². The third-order valence-electron chi connectivity index (χ3n) is 5.03. The maximum absolute atomic E-state index is 12.1. The third-order valence-corrected chi connectivity index (χ3v) is 5.03. The average molecular weight is 360 g/mol. The van der Waals surface area contributed by atoms with E-state index in [1.807, 2.05) is 24.3 Å². The molecule has 2 amide bonds. The molecule has 7 heteroatoms. The van der Waals surface area contributed by atoms with E-state index in [2.05, 4.69) is 27.5 Å². The van der Waals surface area contributed by atoms with Gasteiger partial charge in [0.1, 0.15) is 0 Å². The van der Waals surface area contributed by atoms with Crippen LogP contribution in [-0.2, 0) is 14.3 Å². The molecule has 0 aliphatic carbocycles. The molecule has 1 aromatic rings. The molecular formula is C19H28N4O3. The van der Waals surface area contributed by atoms with E-state index in [-0.39, 0.29) is 24.3 Å². The van der Waals surface area contributed by atoms with Crippen LogP contribution in [0.25, 0.3) is 0 Å². The zero-order chi connectivity index (χ0) is 18.4. The van der Waals surface area contributed by atoms with Gasteiger partial charge in [0.05, 0.1) is 6.54 Å². The standard InChI is InChI=1S/C19H28N4O3/c1-22-8-10-23(11-9-22)17-4-2-16(3-5-17)21-18(24)14-20-19(25)15-6-12-26-13-7-15/h2-5,15H,6-14H2,1H3,(H,20,25)(H,21,24). The Bertz CT molecular complexity index is 606. The van der Waals surface area contributed by atoms with Gasteiger partial charge in [-0.15, -0.1) is 0 Å². The molecule has 26 heavy (non-hydrogen) atoms. The van der Waals surface area contributed by atoms with Gasteiger partial charge in [-0.25, -0.2) is 0 Å². The molecule has 2 fully saturated rings. The van der Waals surface area contributed by atoms with Gasteiger partial charge in [-0.1, -0.05) is 0 Å². The van der Waals surface area contributed by atoms with Crippen molar-refractivity contribution in [3.63, 3.8) is 0 Å². The predicted octanol–water partition coefficient (Wildman–Crippen LogP) is 0.920. The molecule has 0 aromatic heterocycles. The Kier molecular flexibility index (Phi) is 6.46. The number of hydrogen-bond acceptors (Lipinski definition) is 5. The topological polar surface area (TPSA) is 73.9 Å². The highest BCUT2D eigenvalue weighted by Gasteiger charge is 2.21. The van der Waals surface area contributed by atoms with Crippen molar-refractivity contribution in [2.75, 3.05) is 63.2 Å². The van der Waals surface area contributed by atoms with Gasteiger partial charge < -0.3 is 25.2 Å². The minimum atomic E-state index is -0.210. The molecule has 3 rings (SSSR count). The summed E-state index contributed by atoms with van der Waals surface area (Å²) in [5, 5.41) is 5.55. The van der Waals surface area contributed by atoms with Gasteiger partial charge in [0.2, 0.25) is 11.8 Å². The van der Waals surface area contributed by atoms with E-state index in [1.165, 1.54) is 5.69 Å². The van der Waals surface area contributed by atoms with Gasteiger partial charge in [-0.05, 0) is 44.2 Å². The summed E-state index contributed by atoms with van der Waals surface area (Å²) >= 11 is 0. The van der Waals surface area contributed by atoms with Crippen molar-refractivity contribution in [3.05, 3.63) is 24.3 Å². The van der Waals surface area contributed by atoms with Crippen LogP contribution in [0.2, 0.25) is 0 Å². The molecular weight excluding hydrogens is 332 g/mol. The lowest BCUT2D eigenvalue weighted by Crippen LogP contribution is -2.44. The van der Waals surface area contributed by atoms with E-state index in [0.717, 1.165) is 44.7 Å². The van der Waals surface area contributed by atoms with Crippen LogP contribution in [0, 0.1) is 5.92 Å². The molecule has 2 aliphatic heterocycles. The van der Waals surface area contributed by atoms with Crippen molar-refractivity contribution in [2.45, 2.75) is 12.8 Å². The van der Waals surface area contributed by atoms with Crippen LogP contribution < -0.4 is 15.5 Å². The van der Waals surface area contributed by atoms with Crippen molar-refractivity contribution < 1.29 is 14.3 Å². The van der Waals surface area contributed by atoms with E-state index in [0.29, 0.717) is 13.2 Å². The molecule has 0 spiro atoms. The van der Waals surface area contributed by atoms with Gasteiger partial charge in [0, 0.05) is 56.7 Å². The number of anilines is 2. The van der Waals surface area contributed by atoms with E-state index in [9.17, 15) is 9.59 Å². The van der Waals surface area contributed by atoms with Crippen molar-refractivity contribution in [3.8, 4) is 0 Å². The Hall–Kier alpha value is -2.12. The second-order valence-electron chi connectivity index (χ2n) is 6.99. The van der Waals surface area contributed by atoms with Crippen LogP contribution in [0.3, 0.4) is 0 Å². The van der Waals surface area contributed by atoms with Gasteiger partial charge in [0.15, 0.2) is 0 Å². The Morgan fingerprint density at radius 3 is 2.38 bits per heavy atom. The fourth-order valence-electron chi connectivity index (χ4n) is 3.30. The van der Waals surface area contributed by atoms with Crippen LogP contribution in [-0.4, -0.2) is 69.7 Å². The summed E-state index contributed by atoms with van der Waals surface area (Å²) in [6.45, 7) is 5.38. The number of carbonyl (C=O) groups is 2. The first-order valence-corrected chi connectivity index (χ1v) is 9.30. The molecule has 7 nitrogen and oxygen atoms in total. The second-order valence-corrected chi connectivity index (χ2v) is 6.99. The van der Waals surface area contributed by atoms with Crippen molar-refractivity contribution in [1.29, 1.82) is 0 Å². The van der Waals surface area contributed by atoms with E-state index >= 15 is 0 Å². The van der Waals surface area contributed by atoms with Crippen LogP contribution in [0.15, 0.2) is 24.3 Å². The highest BCUT2D eigenvalue weighted by molar-refractivity contribution is 5.94. The quantitative estimate of drug-likeness (QED) is 0.817. The monoisotopic (exact) mass is 360 g/mol. The van der Waals surface area contributed by atoms with Gasteiger partial charge in [-0.2, -0.15) is 0 Å². The second kappa shape index (κ2) is 9.00. The first-order chi connectivity index (χ1) is 12.6. The molecule has 0 unspecified atom stereocenters. The molecule has 2 aliphatic rings. The zero-order valence-electron chi connectivity index (χ0n) is 15.4. The number of likely N-dealkylation sites (N-methyl/N-ethyl adjacent to an activating group) is 1. The van der Waals surface area contributed by atoms with Crippen molar-refractivity contribution in [1.82, 2.24) is 10.2 Å². The van der Waals surface area contributed by atoms with Crippen LogP contribution in [0.5, 0.6) is 0 Å². The smallest absolute Gasteiger partial charge is 0.243 e. The van der Waals surface area contributed by atoms with Crippen LogP contribution in [0.1, 0.15) is 12.8 Å². The maximum atomic E-state index is 12.1.